The van der Waals surface area contributed by atoms with Crippen LogP contribution in [0.3, 0.4) is 0 Å². The maximum Gasteiger partial charge on any atom is 0.335 e. The number of aliphatic hydroxyl groups is 6. The number of hydrogen-bond acceptors (Lipinski definition) is 11. The van der Waals surface area contributed by atoms with E-state index in [1.54, 1.807) is 19.2 Å². The van der Waals surface area contributed by atoms with E-state index in [1.165, 1.54) is 17.7 Å². The van der Waals surface area contributed by atoms with Crippen LogP contribution in [0.25, 0.3) is 10.9 Å². The minimum atomic E-state index is -2.20. The van der Waals surface area contributed by atoms with Crippen molar-refractivity contribution in [2.24, 2.45) is 0 Å². The van der Waals surface area contributed by atoms with E-state index in [-0.39, 0.29) is 17.4 Å². The summed E-state index contributed by atoms with van der Waals surface area (Å²) in [7, 11) is 1.64. The molecule has 4 unspecified atom stereocenters. The number of carboxylic acid groups (broad SMARTS) is 1. The highest BCUT2D eigenvalue weighted by molar-refractivity contribution is 5.87. The third kappa shape index (κ3) is 8.99. The first-order chi connectivity index (χ1) is 18.9. The maximum atomic E-state index is 11.5. The second-order valence-corrected chi connectivity index (χ2v) is 9.18. The molecule has 1 heterocycles. The Hall–Kier alpha value is -3.56. The van der Waals surface area contributed by atoms with Crippen molar-refractivity contribution in [1.82, 2.24) is 10.3 Å². The van der Waals surface area contributed by atoms with Crippen molar-refractivity contribution < 1.29 is 50.4 Å². The summed E-state index contributed by atoms with van der Waals surface area (Å²) in [6.45, 7) is 1.57. The topological polar surface area (TPSA) is 233 Å². The van der Waals surface area contributed by atoms with Crippen LogP contribution in [0.15, 0.2) is 53.3 Å². The Kier molecular flexibility index (Phi) is 12.5. The number of phenolic OH excluding ortho intramolecular Hbond substituents is 1. The molecule has 0 aliphatic carbocycles. The van der Waals surface area contributed by atoms with E-state index in [9.17, 15) is 19.8 Å². The molecule has 1 aromatic heterocycles. The third-order valence-corrected chi connectivity index (χ3v) is 6.13. The molecule has 3 rings (SSSR count). The summed E-state index contributed by atoms with van der Waals surface area (Å²) in [4.78, 5) is 24.2. The number of rotatable bonds is 12. The number of carbonyl (C=O) groups is 1. The fraction of sp³-hybridized carbons (Fsp3) is 0.407. The zero-order valence-electron chi connectivity index (χ0n) is 22.0. The van der Waals surface area contributed by atoms with Gasteiger partial charge in [-0.05, 0) is 48.7 Å². The Morgan fingerprint density at radius 3 is 2.20 bits per heavy atom. The average Bonchev–Trinajstić information content (AvgIpc) is 2.95. The molecule has 0 saturated heterocycles. The van der Waals surface area contributed by atoms with E-state index >= 15 is 0 Å². The second-order valence-electron chi connectivity index (χ2n) is 9.18. The lowest BCUT2D eigenvalue weighted by atomic mass is 10.0. The molecule has 0 saturated carbocycles. The lowest BCUT2D eigenvalue weighted by Gasteiger charge is -2.23. The first kappa shape index (κ1) is 32.7. The van der Waals surface area contributed by atoms with Crippen LogP contribution in [0, 0.1) is 0 Å². The SMILES string of the molecule is COc1ccc(C[C@@H](C)NC[C@H](O)c2ccc(O)c3[nH]c(=O)ccc23)cc1.O=C(O)C(O)C(O)C(O)C(O)CO. The van der Waals surface area contributed by atoms with Crippen LogP contribution >= 0.6 is 0 Å². The van der Waals surface area contributed by atoms with Crippen molar-refractivity contribution in [1.29, 1.82) is 0 Å². The molecule has 0 bridgehead atoms. The first-order valence-corrected chi connectivity index (χ1v) is 12.3. The van der Waals surface area contributed by atoms with Gasteiger partial charge in [0, 0.05) is 24.0 Å². The van der Waals surface area contributed by atoms with Crippen LogP contribution in [0.5, 0.6) is 11.5 Å². The van der Waals surface area contributed by atoms with Gasteiger partial charge >= 0.3 is 5.97 Å². The van der Waals surface area contributed by atoms with Gasteiger partial charge in [0.05, 0.1) is 25.3 Å². The van der Waals surface area contributed by atoms with Gasteiger partial charge in [0.1, 0.15) is 29.8 Å². The summed E-state index contributed by atoms with van der Waals surface area (Å²) in [5, 5.41) is 76.3. The van der Waals surface area contributed by atoms with Crippen molar-refractivity contribution in [2.45, 2.75) is 49.9 Å². The highest BCUT2D eigenvalue weighted by Gasteiger charge is 2.33. The molecule has 13 heteroatoms. The molecule has 10 N–H and O–H groups in total. The van der Waals surface area contributed by atoms with Gasteiger partial charge in [-0.1, -0.05) is 18.2 Å². The zero-order valence-corrected chi connectivity index (χ0v) is 22.0. The molecule has 0 fully saturated rings. The molecule has 40 heavy (non-hydrogen) atoms. The average molecular weight is 565 g/mol. The summed E-state index contributed by atoms with van der Waals surface area (Å²) < 4.78 is 5.16. The molecule has 0 aliphatic rings. The number of fused-ring (bicyclic) bond motifs is 1. The number of methoxy groups -OCH3 is 1. The zero-order chi connectivity index (χ0) is 30.0. The van der Waals surface area contributed by atoms with E-state index in [0.29, 0.717) is 23.0 Å². The lowest BCUT2D eigenvalue weighted by molar-refractivity contribution is -0.164. The smallest absolute Gasteiger partial charge is 0.335 e. The normalized spacial score (nSPS) is 15.7. The highest BCUT2D eigenvalue weighted by Crippen LogP contribution is 2.28. The number of H-pyrrole nitrogens is 1. The van der Waals surface area contributed by atoms with E-state index in [0.717, 1.165) is 12.2 Å². The van der Waals surface area contributed by atoms with E-state index in [1.807, 2.05) is 24.3 Å². The summed E-state index contributed by atoms with van der Waals surface area (Å²) in [5.74, 6) is -0.914. The van der Waals surface area contributed by atoms with Crippen LogP contribution in [0.4, 0.5) is 0 Å². The monoisotopic (exact) mass is 564 g/mol. The molecule has 0 radical (unpaired) electrons. The molecule has 220 valence electrons. The number of aromatic amines is 1. The minimum Gasteiger partial charge on any atom is -0.506 e. The van der Waals surface area contributed by atoms with Gasteiger partial charge in [-0.3, -0.25) is 4.79 Å². The molecule has 0 spiro atoms. The van der Waals surface area contributed by atoms with Crippen LogP contribution in [-0.4, -0.2) is 103 Å². The predicted octanol–water partition coefficient (Wildman–Crippen LogP) is -0.997. The highest BCUT2D eigenvalue weighted by atomic mass is 16.5. The Morgan fingerprint density at radius 1 is 0.975 bits per heavy atom. The van der Waals surface area contributed by atoms with Gasteiger partial charge in [-0.15, -0.1) is 0 Å². The Labute approximate surface area is 229 Å². The number of pyridine rings is 1. The van der Waals surface area contributed by atoms with Gasteiger partial charge in [0.25, 0.3) is 0 Å². The summed E-state index contributed by atoms with van der Waals surface area (Å²) in [5.41, 5.74) is 1.88. The number of nitrogens with one attached hydrogen (secondary N) is 2. The fourth-order valence-electron chi connectivity index (χ4n) is 3.83. The van der Waals surface area contributed by atoms with Crippen molar-refractivity contribution >= 4 is 16.9 Å². The van der Waals surface area contributed by atoms with Crippen molar-refractivity contribution in [2.75, 3.05) is 20.3 Å². The van der Waals surface area contributed by atoms with Crippen LogP contribution in [0.2, 0.25) is 0 Å². The summed E-state index contributed by atoms with van der Waals surface area (Å²) in [6.07, 6.45) is -7.78. The first-order valence-electron chi connectivity index (χ1n) is 12.3. The van der Waals surface area contributed by atoms with E-state index in [4.69, 9.17) is 35.4 Å². The third-order valence-electron chi connectivity index (χ3n) is 6.13. The lowest BCUT2D eigenvalue weighted by Crippen LogP contribution is -2.48. The van der Waals surface area contributed by atoms with Gasteiger partial charge in [0.15, 0.2) is 6.10 Å². The van der Waals surface area contributed by atoms with Crippen LogP contribution in [-0.2, 0) is 11.2 Å². The molecular formula is C27H36N2O11. The molecular weight excluding hydrogens is 528 g/mol. The number of aromatic hydroxyl groups is 1. The van der Waals surface area contributed by atoms with Crippen molar-refractivity contribution in [3.8, 4) is 11.5 Å². The fourth-order valence-corrected chi connectivity index (χ4v) is 3.83. The standard InChI is InChI=1S/C21H24N2O4.C6H12O7/c1-13(11-14-3-5-15(27-2)6-4-14)22-12-19(25)16-7-9-18(24)21-17(16)8-10-20(26)23-21;7-1-2(8)3(9)4(10)5(11)6(12)13/h3-10,13,19,22,24-25H,11-12H2,1-2H3,(H,23,26);2-5,7-11H,1H2,(H,12,13)/t13-,19+;/m1./s1. The van der Waals surface area contributed by atoms with Gasteiger partial charge in [-0.2, -0.15) is 0 Å². The van der Waals surface area contributed by atoms with Crippen molar-refractivity contribution in [3.05, 3.63) is 70.0 Å². The molecule has 3 aromatic rings. The predicted molar refractivity (Wildman–Crippen MR) is 144 cm³/mol. The molecule has 2 aromatic carbocycles. The van der Waals surface area contributed by atoms with Crippen LogP contribution in [0.1, 0.15) is 24.2 Å². The van der Waals surface area contributed by atoms with Crippen molar-refractivity contribution in [3.63, 3.8) is 0 Å². The minimum absolute atomic E-state index is 0.0144. The van der Waals surface area contributed by atoms with E-state index < -0.39 is 43.1 Å². The molecule has 0 amide bonds. The van der Waals surface area contributed by atoms with Gasteiger partial charge in [-0.25, -0.2) is 4.79 Å². The molecule has 0 aliphatic heterocycles. The van der Waals surface area contributed by atoms with Gasteiger partial charge in [0.2, 0.25) is 5.56 Å². The number of ether oxygens (including phenoxy) is 1. The number of aromatic nitrogens is 1. The number of hydrogen-bond donors (Lipinski definition) is 10. The summed E-state index contributed by atoms with van der Waals surface area (Å²) in [6, 6.07) is 14.2. The number of carboxylic acids is 1. The number of phenols is 1. The largest absolute Gasteiger partial charge is 0.506 e. The molecule has 6 atom stereocenters. The number of benzene rings is 2. The molecule has 13 nitrogen and oxygen atoms in total. The number of aliphatic carboxylic acids is 1. The van der Waals surface area contributed by atoms with E-state index in [2.05, 4.69) is 17.2 Å². The second kappa shape index (κ2) is 15.3. The Morgan fingerprint density at radius 2 is 1.62 bits per heavy atom. The summed E-state index contributed by atoms with van der Waals surface area (Å²) >= 11 is 0. The maximum absolute atomic E-state index is 11.5. The number of aliphatic hydroxyl groups excluding tert-OH is 6. The Balaban J connectivity index is 0.000000366. The quantitative estimate of drug-likeness (QED) is 0.128. The van der Waals surface area contributed by atoms with Crippen LogP contribution < -0.4 is 15.6 Å². The Bertz CT molecular complexity index is 1280. The van der Waals surface area contributed by atoms with Gasteiger partial charge < -0.3 is 55.9 Å².